The van der Waals surface area contributed by atoms with Crippen molar-refractivity contribution in [3.05, 3.63) is 47.3 Å². The number of ether oxygens (including phenoxy) is 1. The van der Waals surface area contributed by atoms with E-state index < -0.39 is 0 Å². The van der Waals surface area contributed by atoms with Gasteiger partial charge in [-0.15, -0.1) is 0 Å². The second kappa shape index (κ2) is 8.70. The summed E-state index contributed by atoms with van der Waals surface area (Å²) in [6, 6.07) is 5.91. The molecule has 3 rings (SSSR count). The molecule has 1 aliphatic rings. The first kappa shape index (κ1) is 18.9. The standard InChI is InChI=1S/C20H27N5O2/c1-15-5-6-16(2)18(17(15)3)27-14-9-23-20(26)25-12-10-24(11-13-25)19-21-7-4-8-22-19/h4-8H,9-14H2,1-3H3,(H,23,26). The summed E-state index contributed by atoms with van der Waals surface area (Å²) in [5, 5.41) is 2.94. The van der Waals surface area contributed by atoms with Gasteiger partial charge in [0.1, 0.15) is 12.4 Å². The molecule has 2 aromatic rings. The number of aromatic nitrogens is 2. The van der Waals surface area contributed by atoms with E-state index in [4.69, 9.17) is 4.74 Å². The molecule has 0 atom stereocenters. The number of anilines is 1. The van der Waals surface area contributed by atoms with Gasteiger partial charge in [0.05, 0.1) is 6.54 Å². The minimum atomic E-state index is -0.0510. The molecule has 1 fully saturated rings. The van der Waals surface area contributed by atoms with Crippen molar-refractivity contribution in [1.29, 1.82) is 0 Å². The summed E-state index contributed by atoms with van der Waals surface area (Å²) in [5.74, 6) is 1.63. The predicted octanol–water partition coefficient (Wildman–Crippen LogP) is 2.31. The van der Waals surface area contributed by atoms with Crippen molar-refractivity contribution >= 4 is 12.0 Å². The largest absolute Gasteiger partial charge is 0.491 e. The van der Waals surface area contributed by atoms with Gasteiger partial charge in [-0.2, -0.15) is 0 Å². The SMILES string of the molecule is Cc1ccc(C)c(OCCNC(=O)N2CCN(c3ncccn3)CC2)c1C. The fraction of sp³-hybridized carbons (Fsp3) is 0.450. The molecule has 1 N–H and O–H groups in total. The fourth-order valence-corrected chi connectivity index (χ4v) is 3.13. The van der Waals surface area contributed by atoms with Gasteiger partial charge in [-0.3, -0.25) is 0 Å². The van der Waals surface area contributed by atoms with Crippen molar-refractivity contribution in [2.45, 2.75) is 20.8 Å². The first-order valence-corrected chi connectivity index (χ1v) is 9.30. The van der Waals surface area contributed by atoms with E-state index in [1.807, 2.05) is 11.8 Å². The van der Waals surface area contributed by atoms with Crippen molar-refractivity contribution in [3.63, 3.8) is 0 Å². The van der Waals surface area contributed by atoms with E-state index in [0.717, 1.165) is 35.9 Å². The van der Waals surface area contributed by atoms with E-state index in [2.05, 4.69) is 46.2 Å². The van der Waals surface area contributed by atoms with Crippen molar-refractivity contribution in [1.82, 2.24) is 20.2 Å². The number of nitrogens with one attached hydrogen (secondary N) is 1. The highest BCUT2D eigenvalue weighted by Crippen LogP contribution is 2.25. The second-order valence-electron chi connectivity index (χ2n) is 6.76. The van der Waals surface area contributed by atoms with Crippen molar-refractivity contribution in [2.24, 2.45) is 0 Å². The van der Waals surface area contributed by atoms with E-state index in [0.29, 0.717) is 26.2 Å². The van der Waals surface area contributed by atoms with Gasteiger partial charge in [-0.05, 0) is 43.5 Å². The molecule has 0 radical (unpaired) electrons. The number of carbonyl (C=O) groups excluding carboxylic acids is 1. The molecule has 2 amide bonds. The number of hydrogen-bond donors (Lipinski definition) is 1. The first-order chi connectivity index (χ1) is 13.1. The van der Waals surface area contributed by atoms with Crippen LogP contribution in [0.1, 0.15) is 16.7 Å². The fourth-order valence-electron chi connectivity index (χ4n) is 3.13. The molecule has 1 aromatic carbocycles. The van der Waals surface area contributed by atoms with Crippen molar-refractivity contribution in [3.8, 4) is 5.75 Å². The van der Waals surface area contributed by atoms with Crippen LogP contribution >= 0.6 is 0 Å². The summed E-state index contributed by atoms with van der Waals surface area (Å²) in [6.45, 7) is 9.88. The molecule has 0 bridgehead atoms. The van der Waals surface area contributed by atoms with Crippen LogP contribution in [-0.4, -0.2) is 60.2 Å². The Balaban J connectivity index is 1.41. The molecule has 0 unspecified atom stereocenters. The summed E-state index contributed by atoms with van der Waals surface area (Å²) in [4.78, 5) is 24.8. The number of carbonyl (C=O) groups is 1. The van der Waals surface area contributed by atoms with E-state index in [-0.39, 0.29) is 6.03 Å². The van der Waals surface area contributed by atoms with E-state index in [9.17, 15) is 4.79 Å². The van der Waals surface area contributed by atoms with Gasteiger partial charge in [0.2, 0.25) is 5.95 Å². The zero-order chi connectivity index (χ0) is 19.2. The van der Waals surface area contributed by atoms with Crippen LogP contribution in [0.2, 0.25) is 0 Å². The molecule has 2 heterocycles. The quantitative estimate of drug-likeness (QED) is 0.819. The van der Waals surface area contributed by atoms with Crippen molar-refractivity contribution in [2.75, 3.05) is 44.2 Å². The molecule has 7 heteroatoms. The number of amides is 2. The third kappa shape index (κ3) is 4.67. The van der Waals surface area contributed by atoms with Crippen LogP contribution in [0.4, 0.5) is 10.7 Å². The van der Waals surface area contributed by atoms with Gasteiger partial charge in [0.25, 0.3) is 0 Å². The molecule has 1 aromatic heterocycles. The third-order valence-electron chi connectivity index (χ3n) is 4.90. The Morgan fingerprint density at radius 1 is 1.07 bits per heavy atom. The summed E-state index contributed by atoms with van der Waals surface area (Å²) in [7, 11) is 0. The van der Waals surface area contributed by atoms with Crippen molar-refractivity contribution < 1.29 is 9.53 Å². The number of hydrogen-bond acceptors (Lipinski definition) is 5. The maximum atomic E-state index is 12.4. The maximum absolute atomic E-state index is 12.4. The summed E-state index contributed by atoms with van der Waals surface area (Å²) in [6.07, 6.45) is 3.47. The molecule has 144 valence electrons. The lowest BCUT2D eigenvalue weighted by Crippen LogP contribution is -2.52. The highest BCUT2D eigenvalue weighted by Gasteiger charge is 2.22. The van der Waals surface area contributed by atoms with Gasteiger partial charge in [0.15, 0.2) is 0 Å². The summed E-state index contributed by atoms with van der Waals surface area (Å²) >= 11 is 0. The minimum absolute atomic E-state index is 0.0510. The maximum Gasteiger partial charge on any atom is 0.317 e. The molecule has 0 saturated carbocycles. The number of rotatable bonds is 5. The highest BCUT2D eigenvalue weighted by atomic mass is 16.5. The molecular weight excluding hydrogens is 342 g/mol. The third-order valence-corrected chi connectivity index (χ3v) is 4.90. The van der Waals surface area contributed by atoms with Crippen LogP contribution < -0.4 is 15.0 Å². The molecular formula is C20H27N5O2. The Morgan fingerprint density at radius 2 is 1.74 bits per heavy atom. The molecule has 27 heavy (non-hydrogen) atoms. The van der Waals surface area contributed by atoms with Crippen LogP contribution in [0.5, 0.6) is 5.75 Å². The average molecular weight is 369 g/mol. The predicted molar refractivity (Wildman–Crippen MR) is 105 cm³/mol. The zero-order valence-corrected chi connectivity index (χ0v) is 16.2. The first-order valence-electron chi connectivity index (χ1n) is 9.30. The van der Waals surface area contributed by atoms with E-state index in [1.54, 1.807) is 18.5 Å². The Kier molecular flexibility index (Phi) is 6.11. The highest BCUT2D eigenvalue weighted by molar-refractivity contribution is 5.74. The molecule has 0 aliphatic carbocycles. The Morgan fingerprint density at radius 3 is 2.44 bits per heavy atom. The van der Waals surface area contributed by atoms with Gasteiger partial charge < -0.3 is 19.9 Å². The number of benzene rings is 1. The van der Waals surface area contributed by atoms with Gasteiger partial charge >= 0.3 is 6.03 Å². The number of nitrogens with zero attached hydrogens (tertiary/aromatic N) is 4. The van der Waals surface area contributed by atoms with Gasteiger partial charge in [0, 0.05) is 38.6 Å². The molecule has 0 spiro atoms. The van der Waals surface area contributed by atoms with Crippen LogP contribution in [0.25, 0.3) is 0 Å². The lowest BCUT2D eigenvalue weighted by atomic mass is 10.1. The lowest BCUT2D eigenvalue weighted by Gasteiger charge is -2.34. The van der Waals surface area contributed by atoms with Crippen LogP contribution in [-0.2, 0) is 0 Å². The number of urea groups is 1. The second-order valence-corrected chi connectivity index (χ2v) is 6.76. The van der Waals surface area contributed by atoms with E-state index in [1.165, 1.54) is 5.56 Å². The summed E-state index contributed by atoms with van der Waals surface area (Å²) in [5.41, 5.74) is 3.48. The number of piperazine rings is 1. The minimum Gasteiger partial charge on any atom is -0.491 e. The molecule has 7 nitrogen and oxygen atoms in total. The van der Waals surface area contributed by atoms with Gasteiger partial charge in [-0.1, -0.05) is 12.1 Å². The molecule has 1 saturated heterocycles. The average Bonchev–Trinajstić information content (AvgIpc) is 2.71. The smallest absolute Gasteiger partial charge is 0.317 e. The number of aryl methyl sites for hydroxylation is 2. The zero-order valence-electron chi connectivity index (χ0n) is 16.2. The lowest BCUT2D eigenvalue weighted by molar-refractivity contribution is 0.191. The van der Waals surface area contributed by atoms with Crippen LogP contribution in [0, 0.1) is 20.8 Å². The Hall–Kier alpha value is -2.83. The molecule has 1 aliphatic heterocycles. The van der Waals surface area contributed by atoms with E-state index >= 15 is 0 Å². The van der Waals surface area contributed by atoms with Crippen LogP contribution in [0.3, 0.4) is 0 Å². The topological polar surface area (TPSA) is 70.6 Å². The Bertz CT molecular complexity index is 773. The Labute approximate surface area is 160 Å². The monoisotopic (exact) mass is 369 g/mol. The normalized spacial score (nSPS) is 14.2. The summed E-state index contributed by atoms with van der Waals surface area (Å²) < 4.78 is 5.90. The van der Waals surface area contributed by atoms with Gasteiger partial charge in [-0.25, -0.2) is 14.8 Å². The van der Waals surface area contributed by atoms with Crippen LogP contribution in [0.15, 0.2) is 30.6 Å².